The third kappa shape index (κ3) is 2.11. The summed E-state index contributed by atoms with van der Waals surface area (Å²) in [4.78, 5) is 15.5. The Morgan fingerprint density at radius 3 is 3.00 bits per heavy atom. The Hall–Kier alpha value is -1.12. The van der Waals surface area contributed by atoms with E-state index in [-0.39, 0.29) is 5.69 Å². The van der Waals surface area contributed by atoms with E-state index in [1.165, 1.54) is 12.8 Å². The van der Waals surface area contributed by atoms with E-state index in [2.05, 4.69) is 11.9 Å². The van der Waals surface area contributed by atoms with Crippen LogP contribution in [0.4, 0.5) is 0 Å². The van der Waals surface area contributed by atoms with Gasteiger partial charge in [-0.15, -0.1) is 0 Å². The van der Waals surface area contributed by atoms with Crippen molar-refractivity contribution in [3.63, 3.8) is 0 Å². The number of aromatic nitrogens is 2. The molecule has 1 fully saturated rings. The lowest BCUT2D eigenvalue weighted by Crippen LogP contribution is -2.25. The molecular weight excluding hydrogens is 188 g/mol. The van der Waals surface area contributed by atoms with Crippen molar-refractivity contribution in [2.24, 2.45) is 5.92 Å². The molecule has 3 nitrogen and oxygen atoms in total. The highest BCUT2D eigenvalue weighted by Crippen LogP contribution is 2.35. The third-order valence-electron chi connectivity index (χ3n) is 3.43. The molecule has 0 spiro atoms. The SMILES string of the molecule is CC[C@H]1CC[C@@H](n2cc(C)cnc2=O)C1. The van der Waals surface area contributed by atoms with Crippen LogP contribution < -0.4 is 5.69 Å². The zero-order valence-electron chi connectivity index (χ0n) is 9.44. The zero-order valence-corrected chi connectivity index (χ0v) is 9.44. The van der Waals surface area contributed by atoms with E-state index in [0.29, 0.717) is 6.04 Å². The summed E-state index contributed by atoms with van der Waals surface area (Å²) < 4.78 is 1.82. The number of hydrogen-bond acceptors (Lipinski definition) is 2. The molecule has 0 amide bonds. The van der Waals surface area contributed by atoms with E-state index in [1.54, 1.807) is 6.20 Å². The fraction of sp³-hybridized carbons (Fsp3) is 0.667. The molecule has 0 radical (unpaired) electrons. The van der Waals surface area contributed by atoms with Crippen LogP contribution in [0.1, 0.15) is 44.2 Å². The summed E-state index contributed by atoms with van der Waals surface area (Å²) >= 11 is 0. The van der Waals surface area contributed by atoms with Crippen LogP contribution in [0.2, 0.25) is 0 Å². The Labute approximate surface area is 90.2 Å². The maximum atomic E-state index is 11.6. The number of rotatable bonds is 2. The van der Waals surface area contributed by atoms with Crippen LogP contribution in [-0.2, 0) is 0 Å². The number of nitrogens with zero attached hydrogens (tertiary/aromatic N) is 2. The van der Waals surface area contributed by atoms with Gasteiger partial charge in [0.15, 0.2) is 0 Å². The van der Waals surface area contributed by atoms with Crippen LogP contribution in [-0.4, -0.2) is 9.55 Å². The Bertz CT molecular complexity index is 397. The van der Waals surface area contributed by atoms with Crippen molar-refractivity contribution in [3.05, 3.63) is 28.4 Å². The van der Waals surface area contributed by atoms with Gasteiger partial charge in [0.2, 0.25) is 0 Å². The molecule has 1 aliphatic carbocycles. The molecular formula is C12H18N2O. The second-order valence-electron chi connectivity index (χ2n) is 4.56. The standard InChI is InChI=1S/C12H18N2O/c1-3-10-4-5-11(6-10)14-8-9(2)7-13-12(14)15/h7-8,10-11H,3-6H2,1-2H3/t10-,11+/m0/s1. The van der Waals surface area contributed by atoms with Crippen molar-refractivity contribution in [2.45, 2.75) is 45.6 Å². The Balaban J connectivity index is 2.23. The highest BCUT2D eigenvalue weighted by atomic mass is 16.1. The smallest absolute Gasteiger partial charge is 0.296 e. The highest BCUT2D eigenvalue weighted by Gasteiger charge is 2.25. The molecule has 1 aromatic rings. The first-order chi connectivity index (χ1) is 7.20. The predicted molar refractivity (Wildman–Crippen MR) is 59.9 cm³/mol. The van der Waals surface area contributed by atoms with Crippen LogP contribution in [0.25, 0.3) is 0 Å². The normalized spacial score (nSPS) is 25.7. The van der Waals surface area contributed by atoms with Gasteiger partial charge in [-0.3, -0.25) is 4.57 Å². The molecule has 2 rings (SSSR count). The topological polar surface area (TPSA) is 34.9 Å². The van der Waals surface area contributed by atoms with E-state index < -0.39 is 0 Å². The summed E-state index contributed by atoms with van der Waals surface area (Å²) in [7, 11) is 0. The first-order valence-electron chi connectivity index (χ1n) is 5.75. The molecule has 0 N–H and O–H groups in total. The van der Waals surface area contributed by atoms with Crippen molar-refractivity contribution in [3.8, 4) is 0 Å². The van der Waals surface area contributed by atoms with Gasteiger partial charge in [-0.25, -0.2) is 9.78 Å². The van der Waals surface area contributed by atoms with E-state index in [0.717, 1.165) is 24.3 Å². The van der Waals surface area contributed by atoms with Crippen molar-refractivity contribution in [2.75, 3.05) is 0 Å². The van der Waals surface area contributed by atoms with E-state index in [1.807, 2.05) is 17.7 Å². The fourth-order valence-electron chi connectivity index (χ4n) is 2.47. The highest BCUT2D eigenvalue weighted by molar-refractivity contribution is 5.01. The monoisotopic (exact) mass is 206 g/mol. The Morgan fingerprint density at radius 2 is 2.33 bits per heavy atom. The molecule has 1 aliphatic rings. The summed E-state index contributed by atoms with van der Waals surface area (Å²) in [6.07, 6.45) is 8.33. The van der Waals surface area contributed by atoms with Gasteiger partial charge in [-0.1, -0.05) is 13.3 Å². The van der Waals surface area contributed by atoms with Gasteiger partial charge >= 0.3 is 5.69 Å². The summed E-state index contributed by atoms with van der Waals surface area (Å²) in [6.45, 7) is 4.21. The second kappa shape index (κ2) is 4.17. The molecule has 1 saturated carbocycles. The average molecular weight is 206 g/mol. The first-order valence-corrected chi connectivity index (χ1v) is 5.75. The minimum absolute atomic E-state index is 0.0950. The van der Waals surface area contributed by atoms with Gasteiger partial charge in [-0.05, 0) is 37.7 Å². The molecule has 0 unspecified atom stereocenters. The lowest BCUT2D eigenvalue weighted by molar-refractivity contribution is 0.452. The largest absolute Gasteiger partial charge is 0.347 e. The summed E-state index contributed by atoms with van der Waals surface area (Å²) in [5.41, 5.74) is 0.969. The molecule has 15 heavy (non-hydrogen) atoms. The summed E-state index contributed by atoms with van der Waals surface area (Å²) in [5.74, 6) is 0.794. The molecule has 0 bridgehead atoms. The minimum atomic E-state index is -0.0950. The third-order valence-corrected chi connectivity index (χ3v) is 3.43. The lowest BCUT2D eigenvalue weighted by Gasteiger charge is -2.13. The molecule has 2 atom stereocenters. The van der Waals surface area contributed by atoms with Crippen LogP contribution in [0.15, 0.2) is 17.2 Å². The Kier molecular flexibility index (Phi) is 2.89. The number of aryl methyl sites for hydroxylation is 1. The molecule has 1 aromatic heterocycles. The van der Waals surface area contributed by atoms with E-state index >= 15 is 0 Å². The summed E-state index contributed by atoms with van der Waals surface area (Å²) in [6, 6.07) is 0.384. The molecule has 82 valence electrons. The van der Waals surface area contributed by atoms with Gasteiger partial charge in [0.1, 0.15) is 0 Å². The fourth-order valence-corrected chi connectivity index (χ4v) is 2.47. The van der Waals surface area contributed by atoms with Crippen molar-refractivity contribution in [1.29, 1.82) is 0 Å². The summed E-state index contributed by atoms with van der Waals surface area (Å²) in [5, 5.41) is 0. The van der Waals surface area contributed by atoms with Crippen LogP contribution in [0, 0.1) is 12.8 Å². The molecule has 0 aromatic carbocycles. The van der Waals surface area contributed by atoms with Gasteiger partial charge in [-0.2, -0.15) is 0 Å². The van der Waals surface area contributed by atoms with Gasteiger partial charge in [0.25, 0.3) is 0 Å². The maximum absolute atomic E-state index is 11.6. The molecule has 0 aliphatic heterocycles. The molecule has 3 heteroatoms. The minimum Gasteiger partial charge on any atom is -0.296 e. The zero-order chi connectivity index (χ0) is 10.8. The van der Waals surface area contributed by atoms with Crippen molar-refractivity contribution in [1.82, 2.24) is 9.55 Å². The van der Waals surface area contributed by atoms with E-state index in [9.17, 15) is 4.79 Å². The predicted octanol–water partition coefficient (Wildman–Crippen LogP) is 2.30. The average Bonchev–Trinajstić information content (AvgIpc) is 2.70. The van der Waals surface area contributed by atoms with Crippen LogP contribution >= 0.6 is 0 Å². The molecule has 1 heterocycles. The number of hydrogen-bond donors (Lipinski definition) is 0. The maximum Gasteiger partial charge on any atom is 0.347 e. The van der Waals surface area contributed by atoms with Gasteiger partial charge < -0.3 is 0 Å². The van der Waals surface area contributed by atoms with E-state index in [4.69, 9.17) is 0 Å². The molecule has 0 saturated heterocycles. The first kappa shape index (κ1) is 10.4. The van der Waals surface area contributed by atoms with Crippen LogP contribution in [0.5, 0.6) is 0 Å². The lowest BCUT2D eigenvalue weighted by atomic mass is 10.1. The van der Waals surface area contributed by atoms with Crippen molar-refractivity contribution < 1.29 is 0 Å². The van der Waals surface area contributed by atoms with Gasteiger partial charge in [0, 0.05) is 18.4 Å². The Morgan fingerprint density at radius 1 is 1.53 bits per heavy atom. The van der Waals surface area contributed by atoms with Gasteiger partial charge in [0.05, 0.1) is 0 Å². The quantitative estimate of drug-likeness (QED) is 0.744. The van der Waals surface area contributed by atoms with Crippen molar-refractivity contribution >= 4 is 0 Å². The second-order valence-corrected chi connectivity index (χ2v) is 4.56. The van der Waals surface area contributed by atoms with Crippen LogP contribution in [0.3, 0.4) is 0 Å².